The number of aliphatic hydroxyl groups is 1. The van der Waals surface area contributed by atoms with Crippen molar-refractivity contribution >= 4 is 21.6 Å². The summed E-state index contributed by atoms with van der Waals surface area (Å²) in [5.41, 5.74) is 1.75. The molecule has 0 aromatic heterocycles. The van der Waals surface area contributed by atoms with Crippen molar-refractivity contribution in [1.82, 2.24) is 0 Å². The van der Waals surface area contributed by atoms with E-state index in [1.807, 2.05) is 6.92 Å². The second kappa shape index (κ2) is 4.72. The Kier molecular flexibility index (Phi) is 3.50. The summed E-state index contributed by atoms with van der Waals surface area (Å²) < 4.78 is 13.9. The second-order valence-corrected chi connectivity index (χ2v) is 5.18. The van der Waals surface area contributed by atoms with Gasteiger partial charge in [-0.3, -0.25) is 0 Å². The minimum atomic E-state index is -0.314. The fourth-order valence-electron chi connectivity index (χ4n) is 2.11. The third-order valence-corrected chi connectivity index (χ3v) is 3.70. The first-order valence-corrected chi connectivity index (χ1v) is 6.27. The van der Waals surface area contributed by atoms with Crippen LogP contribution >= 0.6 is 15.9 Å². The van der Waals surface area contributed by atoms with E-state index in [2.05, 4.69) is 21.2 Å². The smallest absolute Gasteiger partial charge is 0.139 e. The molecule has 16 heavy (non-hydrogen) atoms. The standard InChI is InChI=1S/C12H15BrFNO/c1-7-5-8(13)9(14)6-11(7)15-10-3-2-4-12(10)16/h5-6,10,12,15-16H,2-4H2,1H3/t10-,12-/m0/s1. The zero-order chi connectivity index (χ0) is 11.7. The molecule has 2 rings (SSSR count). The zero-order valence-electron chi connectivity index (χ0n) is 9.13. The van der Waals surface area contributed by atoms with Crippen molar-refractivity contribution in [3.8, 4) is 0 Å². The Labute approximate surface area is 103 Å². The molecule has 1 saturated carbocycles. The summed E-state index contributed by atoms with van der Waals surface area (Å²) in [6, 6.07) is 3.28. The van der Waals surface area contributed by atoms with Gasteiger partial charge in [0.15, 0.2) is 0 Å². The van der Waals surface area contributed by atoms with E-state index in [-0.39, 0.29) is 18.0 Å². The molecular weight excluding hydrogens is 273 g/mol. The molecule has 2 N–H and O–H groups in total. The fourth-order valence-corrected chi connectivity index (χ4v) is 2.57. The molecule has 0 amide bonds. The third-order valence-electron chi connectivity index (χ3n) is 3.09. The first-order chi connectivity index (χ1) is 7.58. The molecule has 2 nitrogen and oxygen atoms in total. The molecule has 0 bridgehead atoms. The molecule has 0 unspecified atom stereocenters. The Hall–Kier alpha value is -0.610. The maximum absolute atomic E-state index is 13.4. The highest BCUT2D eigenvalue weighted by Crippen LogP contribution is 2.28. The van der Waals surface area contributed by atoms with E-state index in [4.69, 9.17) is 0 Å². The van der Waals surface area contributed by atoms with Crippen LogP contribution in [0.4, 0.5) is 10.1 Å². The van der Waals surface area contributed by atoms with Crippen molar-refractivity contribution in [3.63, 3.8) is 0 Å². The van der Waals surface area contributed by atoms with Crippen molar-refractivity contribution in [2.45, 2.75) is 38.3 Å². The number of nitrogens with one attached hydrogen (secondary N) is 1. The van der Waals surface area contributed by atoms with Gasteiger partial charge in [0, 0.05) is 5.69 Å². The minimum Gasteiger partial charge on any atom is -0.391 e. The summed E-state index contributed by atoms with van der Waals surface area (Å²) >= 11 is 3.15. The van der Waals surface area contributed by atoms with Crippen LogP contribution in [0.2, 0.25) is 0 Å². The molecule has 1 aliphatic carbocycles. The summed E-state index contributed by atoms with van der Waals surface area (Å²) in [7, 11) is 0. The van der Waals surface area contributed by atoms with Gasteiger partial charge in [0.25, 0.3) is 0 Å². The van der Waals surface area contributed by atoms with Gasteiger partial charge < -0.3 is 10.4 Å². The van der Waals surface area contributed by atoms with Gasteiger partial charge in [-0.15, -0.1) is 0 Å². The van der Waals surface area contributed by atoms with Gasteiger partial charge >= 0.3 is 0 Å². The molecule has 0 spiro atoms. The Bertz CT molecular complexity index is 397. The van der Waals surface area contributed by atoms with Crippen LogP contribution in [0.3, 0.4) is 0 Å². The zero-order valence-corrected chi connectivity index (χ0v) is 10.7. The predicted octanol–water partition coefficient (Wildman–Crippen LogP) is 3.22. The first-order valence-electron chi connectivity index (χ1n) is 5.48. The van der Waals surface area contributed by atoms with Crippen molar-refractivity contribution in [3.05, 3.63) is 28.0 Å². The molecule has 0 aliphatic heterocycles. The third kappa shape index (κ3) is 2.38. The Balaban J connectivity index is 2.18. The molecule has 88 valence electrons. The molecule has 0 heterocycles. The normalized spacial score (nSPS) is 24.8. The number of benzene rings is 1. The largest absolute Gasteiger partial charge is 0.391 e. The molecule has 2 atom stereocenters. The van der Waals surface area contributed by atoms with Gasteiger partial charge in [-0.05, 0) is 59.8 Å². The van der Waals surface area contributed by atoms with Gasteiger partial charge in [-0.1, -0.05) is 0 Å². The number of hydrogen-bond acceptors (Lipinski definition) is 2. The number of anilines is 1. The number of aryl methyl sites for hydroxylation is 1. The Morgan fingerprint density at radius 2 is 2.19 bits per heavy atom. The van der Waals surface area contributed by atoms with E-state index in [0.29, 0.717) is 4.47 Å². The number of halogens is 2. The number of hydrogen-bond donors (Lipinski definition) is 2. The van der Waals surface area contributed by atoms with Crippen LogP contribution in [-0.4, -0.2) is 17.3 Å². The molecule has 1 aromatic rings. The number of aliphatic hydroxyl groups excluding tert-OH is 1. The fraction of sp³-hybridized carbons (Fsp3) is 0.500. The summed E-state index contributed by atoms with van der Waals surface area (Å²) in [5, 5.41) is 12.9. The maximum atomic E-state index is 13.4. The lowest BCUT2D eigenvalue weighted by Gasteiger charge is -2.19. The quantitative estimate of drug-likeness (QED) is 0.875. The highest BCUT2D eigenvalue weighted by atomic mass is 79.9. The topological polar surface area (TPSA) is 32.3 Å². The number of rotatable bonds is 2. The predicted molar refractivity (Wildman–Crippen MR) is 66.1 cm³/mol. The SMILES string of the molecule is Cc1cc(Br)c(F)cc1N[C@H]1CCC[C@@H]1O. The van der Waals surface area contributed by atoms with Crippen molar-refractivity contribution in [1.29, 1.82) is 0 Å². The molecule has 0 saturated heterocycles. The molecular formula is C12H15BrFNO. The van der Waals surface area contributed by atoms with Crippen LogP contribution < -0.4 is 5.32 Å². The van der Waals surface area contributed by atoms with Gasteiger partial charge in [-0.25, -0.2) is 4.39 Å². The Morgan fingerprint density at radius 3 is 2.81 bits per heavy atom. The average molecular weight is 288 g/mol. The molecule has 1 fully saturated rings. The molecule has 1 aliphatic rings. The van der Waals surface area contributed by atoms with Gasteiger partial charge in [0.05, 0.1) is 16.6 Å². The van der Waals surface area contributed by atoms with Crippen LogP contribution in [0.5, 0.6) is 0 Å². The van der Waals surface area contributed by atoms with Crippen LogP contribution in [0.15, 0.2) is 16.6 Å². The lowest BCUT2D eigenvalue weighted by atomic mass is 10.1. The van der Waals surface area contributed by atoms with Crippen LogP contribution in [-0.2, 0) is 0 Å². The van der Waals surface area contributed by atoms with E-state index in [1.54, 1.807) is 6.07 Å². The van der Waals surface area contributed by atoms with Crippen LogP contribution in [0.1, 0.15) is 24.8 Å². The summed E-state index contributed by atoms with van der Waals surface area (Å²) in [5.74, 6) is -0.277. The van der Waals surface area contributed by atoms with Gasteiger partial charge in [0.2, 0.25) is 0 Å². The van der Waals surface area contributed by atoms with Crippen molar-refractivity contribution in [2.75, 3.05) is 5.32 Å². The van der Waals surface area contributed by atoms with E-state index < -0.39 is 0 Å². The monoisotopic (exact) mass is 287 g/mol. The second-order valence-electron chi connectivity index (χ2n) is 4.33. The van der Waals surface area contributed by atoms with Gasteiger partial charge in [-0.2, -0.15) is 0 Å². The average Bonchev–Trinajstić information content (AvgIpc) is 2.61. The van der Waals surface area contributed by atoms with E-state index in [0.717, 1.165) is 30.5 Å². The molecule has 4 heteroatoms. The lowest BCUT2D eigenvalue weighted by molar-refractivity contribution is 0.172. The molecule has 0 radical (unpaired) electrons. The van der Waals surface area contributed by atoms with Crippen molar-refractivity contribution in [2.24, 2.45) is 0 Å². The highest BCUT2D eigenvalue weighted by molar-refractivity contribution is 9.10. The maximum Gasteiger partial charge on any atom is 0.139 e. The van der Waals surface area contributed by atoms with Crippen LogP contribution in [0.25, 0.3) is 0 Å². The van der Waals surface area contributed by atoms with E-state index in [9.17, 15) is 9.50 Å². The highest BCUT2D eigenvalue weighted by Gasteiger charge is 2.25. The Morgan fingerprint density at radius 1 is 1.44 bits per heavy atom. The first kappa shape index (κ1) is 11.9. The minimum absolute atomic E-state index is 0.0549. The van der Waals surface area contributed by atoms with E-state index in [1.165, 1.54) is 6.07 Å². The lowest BCUT2D eigenvalue weighted by Crippen LogP contribution is -2.28. The summed E-state index contributed by atoms with van der Waals surface area (Å²) in [4.78, 5) is 0. The van der Waals surface area contributed by atoms with Crippen molar-refractivity contribution < 1.29 is 9.50 Å². The van der Waals surface area contributed by atoms with Gasteiger partial charge in [0.1, 0.15) is 5.82 Å². The van der Waals surface area contributed by atoms with Crippen LogP contribution in [0, 0.1) is 12.7 Å². The van der Waals surface area contributed by atoms with E-state index >= 15 is 0 Å². The summed E-state index contributed by atoms with van der Waals surface area (Å²) in [6.45, 7) is 1.92. The molecule has 1 aromatic carbocycles. The summed E-state index contributed by atoms with van der Waals surface area (Å²) in [6.07, 6.45) is 2.48.